The Morgan fingerprint density at radius 3 is 2.25 bits per heavy atom. The SMILES string of the molecule is CCCCC/C=C\C/C=C\CCCCCCCC(=O)OCC(COC)COC(=O)C1CCCN(C)C1. The minimum absolute atomic E-state index is 0.0622. The first-order chi connectivity index (χ1) is 17.6. The van der Waals surface area contributed by atoms with Gasteiger partial charge in [0.15, 0.2) is 0 Å². The highest BCUT2D eigenvalue weighted by Gasteiger charge is 2.26. The number of hydrogen-bond donors (Lipinski definition) is 0. The molecule has 0 radical (unpaired) electrons. The van der Waals surface area contributed by atoms with Crippen molar-refractivity contribution in [1.82, 2.24) is 4.90 Å². The minimum atomic E-state index is -0.179. The lowest BCUT2D eigenvalue weighted by atomic mass is 9.99. The van der Waals surface area contributed by atoms with E-state index in [1.54, 1.807) is 7.11 Å². The molecule has 1 rings (SSSR count). The van der Waals surface area contributed by atoms with E-state index in [1.165, 1.54) is 38.5 Å². The van der Waals surface area contributed by atoms with Crippen LogP contribution in [-0.2, 0) is 23.8 Å². The van der Waals surface area contributed by atoms with Gasteiger partial charge in [0.05, 0.1) is 31.7 Å². The van der Waals surface area contributed by atoms with Crippen LogP contribution >= 0.6 is 0 Å². The second-order valence-electron chi connectivity index (χ2n) is 10.2. The van der Waals surface area contributed by atoms with Gasteiger partial charge in [-0.05, 0) is 65.0 Å². The number of methoxy groups -OCH3 is 1. The Bertz CT molecular complexity index is 618. The molecule has 2 unspecified atom stereocenters. The van der Waals surface area contributed by atoms with E-state index in [-0.39, 0.29) is 37.0 Å². The van der Waals surface area contributed by atoms with E-state index in [1.807, 2.05) is 7.05 Å². The Balaban J connectivity index is 2.03. The molecule has 0 N–H and O–H groups in total. The fourth-order valence-corrected chi connectivity index (χ4v) is 4.42. The van der Waals surface area contributed by atoms with Crippen LogP contribution in [0.4, 0.5) is 0 Å². The van der Waals surface area contributed by atoms with Crippen LogP contribution in [0.2, 0.25) is 0 Å². The van der Waals surface area contributed by atoms with E-state index in [2.05, 4.69) is 36.1 Å². The number of carbonyl (C=O) groups excluding carboxylic acids is 2. The number of rotatable bonds is 21. The Morgan fingerprint density at radius 2 is 1.56 bits per heavy atom. The summed E-state index contributed by atoms with van der Waals surface area (Å²) in [6, 6.07) is 0. The van der Waals surface area contributed by atoms with Gasteiger partial charge in [-0.2, -0.15) is 0 Å². The summed E-state index contributed by atoms with van der Waals surface area (Å²) in [6.45, 7) is 4.86. The van der Waals surface area contributed by atoms with Crippen molar-refractivity contribution in [2.24, 2.45) is 11.8 Å². The molecule has 0 bridgehead atoms. The van der Waals surface area contributed by atoms with Gasteiger partial charge in [-0.15, -0.1) is 0 Å². The van der Waals surface area contributed by atoms with Gasteiger partial charge in [-0.1, -0.05) is 63.3 Å². The molecule has 6 heteroatoms. The molecule has 6 nitrogen and oxygen atoms in total. The summed E-state index contributed by atoms with van der Waals surface area (Å²) in [4.78, 5) is 26.6. The highest BCUT2D eigenvalue weighted by atomic mass is 16.6. The van der Waals surface area contributed by atoms with Gasteiger partial charge in [0.1, 0.15) is 0 Å². The van der Waals surface area contributed by atoms with Crippen molar-refractivity contribution in [3.63, 3.8) is 0 Å². The Hall–Kier alpha value is -1.66. The number of likely N-dealkylation sites (tertiary alicyclic amines) is 1. The molecule has 1 aliphatic rings. The molecule has 1 aliphatic heterocycles. The zero-order chi connectivity index (χ0) is 26.3. The monoisotopic (exact) mass is 507 g/mol. The maximum absolute atomic E-state index is 12.4. The molecule has 0 spiro atoms. The largest absolute Gasteiger partial charge is 0.465 e. The summed E-state index contributed by atoms with van der Waals surface area (Å²) in [5.74, 6) is -0.525. The van der Waals surface area contributed by atoms with Gasteiger partial charge in [0.2, 0.25) is 0 Å². The van der Waals surface area contributed by atoms with Crippen LogP contribution in [0.1, 0.15) is 96.8 Å². The smallest absolute Gasteiger partial charge is 0.310 e. The first-order valence-corrected chi connectivity index (χ1v) is 14.4. The van der Waals surface area contributed by atoms with Crippen LogP contribution in [0.3, 0.4) is 0 Å². The zero-order valence-corrected chi connectivity index (χ0v) is 23.4. The van der Waals surface area contributed by atoms with Crippen molar-refractivity contribution >= 4 is 11.9 Å². The Morgan fingerprint density at radius 1 is 0.889 bits per heavy atom. The molecular weight excluding hydrogens is 454 g/mol. The van der Waals surface area contributed by atoms with Crippen molar-refractivity contribution in [3.8, 4) is 0 Å². The van der Waals surface area contributed by atoms with E-state index in [0.717, 1.165) is 58.0 Å². The lowest BCUT2D eigenvalue weighted by Crippen LogP contribution is -2.37. The van der Waals surface area contributed by atoms with Gasteiger partial charge < -0.3 is 19.1 Å². The maximum Gasteiger partial charge on any atom is 0.310 e. The molecule has 0 aromatic heterocycles. The summed E-state index contributed by atoms with van der Waals surface area (Å²) in [6.07, 6.45) is 24.2. The summed E-state index contributed by atoms with van der Waals surface area (Å²) in [5, 5.41) is 0. The predicted octanol–water partition coefficient (Wildman–Crippen LogP) is 6.49. The third-order valence-corrected chi connectivity index (χ3v) is 6.63. The molecule has 1 fully saturated rings. The van der Waals surface area contributed by atoms with E-state index < -0.39 is 0 Å². The summed E-state index contributed by atoms with van der Waals surface area (Å²) >= 11 is 0. The lowest BCUT2D eigenvalue weighted by molar-refractivity contribution is -0.154. The molecule has 0 aromatic carbocycles. The molecule has 1 saturated heterocycles. The van der Waals surface area contributed by atoms with Gasteiger partial charge in [-0.25, -0.2) is 0 Å². The van der Waals surface area contributed by atoms with Crippen LogP contribution in [-0.4, -0.2) is 63.9 Å². The number of unbranched alkanes of at least 4 members (excludes halogenated alkanes) is 8. The van der Waals surface area contributed by atoms with Crippen molar-refractivity contribution in [2.45, 2.75) is 96.8 Å². The van der Waals surface area contributed by atoms with Gasteiger partial charge in [-0.3, -0.25) is 9.59 Å². The molecule has 0 aliphatic carbocycles. The second kappa shape index (κ2) is 22.5. The van der Waals surface area contributed by atoms with Crippen LogP contribution < -0.4 is 0 Å². The molecule has 0 aromatic rings. The van der Waals surface area contributed by atoms with E-state index in [9.17, 15) is 9.59 Å². The molecule has 2 atom stereocenters. The molecule has 36 heavy (non-hydrogen) atoms. The van der Waals surface area contributed by atoms with Crippen molar-refractivity contribution in [3.05, 3.63) is 24.3 Å². The normalized spacial score (nSPS) is 17.6. The van der Waals surface area contributed by atoms with Gasteiger partial charge in [0.25, 0.3) is 0 Å². The topological polar surface area (TPSA) is 65.1 Å². The fraction of sp³-hybridized carbons (Fsp3) is 0.800. The first kappa shape index (κ1) is 32.4. The van der Waals surface area contributed by atoms with Crippen LogP contribution in [0.25, 0.3) is 0 Å². The summed E-state index contributed by atoms with van der Waals surface area (Å²) in [5.41, 5.74) is 0. The number of hydrogen-bond acceptors (Lipinski definition) is 6. The van der Waals surface area contributed by atoms with Crippen molar-refractivity contribution in [2.75, 3.05) is 47.1 Å². The highest BCUT2D eigenvalue weighted by molar-refractivity contribution is 5.72. The Kier molecular flexibility index (Phi) is 20.3. The number of carbonyl (C=O) groups is 2. The van der Waals surface area contributed by atoms with Crippen molar-refractivity contribution in [1.29, 1.82) is 0 Å². The predicted molar refractivity (Wildman–Crippen MR) is 147 cm³/mol. The zero-order valence-electron chi connectivity index (χ0n) is 23.4. The molecule has 208 valence electrons. The average Bonchev–Trinajstić information content (AvgIpc) is 2.87. The molecular formula is C30H53NO5. The highest BCUT2D eigenvalue weighted by Crippen LogP contribution is 2.17. The van der Waals surface area contributed by atoms with Crippen molar-refractivity contribution < 1.29 is 23.8 Å². The van der Waals surface area contributed by atoms with Crippen LogP contribution in [0, 0.1) is 11.8 Å². The van der Waals surface area contributed by atoms with Crippen LogP contribution in [0.5, 0.6) is 0 Å². The second-order valence-corrected chi connectivity index (χ2v) is 10.2. The standard InChI is InChI=1S/C30H53NO5/c1-4-5-6-7-8-9-10-11-12-13-14-15-16-17-18-21-29(32)35-25-27(24-34-3)26-36-30(33)28-20-19-22-31(2)23-28/h8-9,11-12,27-28H,4-7,10,13-26H2,1-3H3/b9-8-,12-11-. The average molecular weight is 508 g/mol. The minimum Gasteiger partial charge on any atom is -0.465 e. The number of ether oxygens (including phenoxy) is 3. The van der Waals surface area contributed by atoms with E-state index in [4.69, 9.17) is 14.2 Å². The summed E-state index contributed by atoms with van der Waals surface area (Å²) < 4.78 is 16.2. The molecule has 0 amide bonds. The third-order valence-electron chi connectivity index (χ3n) is 6.63. The molecule has 1 heterocycles. The number of nitrogens with zero attached hydrogens (tertiary/aromatic N) is 1. The Labute approximate surface area is 220 Å². The first-order valence-electron chi connectivity index (χ1n) is 14.4. The van der Waals surface area contributed by atoms with Crippen LogP contribution in [0.15, 0.2) is 24.3 Å². The molecule has 0 saturated carbocycles. The number of allylic oxidation sites excluding steroid dienone is 4. The number of piperidine rings is 1. The fourth-order valence-electron chi connectivity index (χ4n) is 4.42. The van der Waals surface area contributed by atoms with E-state index >= 15 is 0 Å². The lowest BCUT2D eigenvalue weighted by Gasteiger charge is -2.28. The number of esters is 2. The van der Waals surface area contributed by atoms with Gasteiger partial charge >= 0.3 is 11.9 Å². The quantitative estimate of drug-likeness (QED) is 0.100. The third kappa shape index (κ3) is 17.7. The maximum atomic E-state index is 12.4. The van der Waals surface area contributed by atoms with E-state index in [0.29, 0.717) is 13.0 Å². The van der Waals surface area contributed by atoms with Gasteiger partial charge in [0, 0.05) is 20.1 Å². The summed E-state index contributed by atoms with van der Waals surface area (Å²) in [7, 11) is 3.63.